The van der Waals surface area contributed by atoms with Gasteiger partial charge < -0.3 is 14.8 Å². The fourth-order valence-corrected chi connectivity index (χ4v) is 1.64. The van der Waals surface area contributed by atoms with E-state index in [4.69, 9.17) is 9.47 Å². The summed E-state index contributed by atoms with van der Waals surface area (Å²) in [6.45, 7) is 5.47. The standard InChI is InChI=1S/C14H23NO2/c1-3-17-14-8-6-13(7-9-14)5-4-10-15-11-12-16-2/h6-9,15H,3-5,10-12H2,1-2H3. The van der Waals surface area contributed by atoms with Crippen LogP contribution in [0.4, 0.5) is 0 Å². The molecule has 3 heteroatoms. The van der Waals surface area contributed by atoms with Crippen LogP contribution in [0.2, 0.25) is 0 Å². The number of rotatable bonds is 9. The van der Waals surface area contributed by atoms with Gasteiger partial charge in [0.15, 0.2) is 0 Å². The highest BCUT2D eigenvalue weighted by Crippen LogP contribution is 2.12. The number of hydrogen-bond acceptors (Lipinski definition) is 3. The van der Waals surface area contributed by atoms with E-state index in [9.17, 15) is 0 Å². The number of methoxy groups -OCH3 is 1. The zero-order valence-electron chi connectivity index (χ0n) is 10.9. The second-order valence-electron chi connectivity index (χ2n) is 3.92. The Morgan fingerprint density at radius 3 is 2.53 bits per heavy atom. The molecule has 1 N–H and O–H groups in total. The molecule has 0 aliphatic rings. The first-order valence-corrected chi connectivity index (χ1v) is 6.28. The monoisotopic (exact) mass is 237 g/mol. The first-order valence-electron chi connectivity index (χ1n) is 6.28. The summed E-state index contributed by atoms with van der Waals surface area (Å²) in [7, 11) is 1.72. The van der Waals surface area contributed by atoms with E-state index in [1.54, 1.807) is 7.11 Å². The summed E-state index contributed by atoms with van der Waals surface area (Å²) in [6, 6.07) is 8.36. The van der Waals surface area contributed by atoms with Crippen molar-refractivity contribution in [3.63, 3.8) is 0 Å². The first kappa shape index (κ1) is 14.0. The van der Waals surface area contributed by atoms with Crippen molar-refractivity contribution in [2.45, 2.75) is 19.8 Å². The van der Waals surface area contributed by atoms with Crippen LogP contribution in [0.1, 0.15) is 18.9 Å². The molecule has 1 aromatic rings. The molecule has 0 saturated heterocycles. The Labute approximate surface area is 104 Å². The van der Waals surface area contributed by atoms with Crippen LogP contribution >= 0.6 is 0 Å². The smallest absolute Gasteiger partial charge is 0.119 e. The summed E-state index contributed by atoms with van der Waals surface area (Å²) < 4.78 is 10.4. The van der Waals surface area contributed by atoms with Crippen molar-refractivity contribution in [1.82, 2.24) is 5.32 Å². The van der Waals surface area contributed by atoms with Gasteiger partial charge in [-0.05, 0) is 44.0 Å². The molecule has 1 rings (SSSR count). The van der Waals surface area contributed by atoms with Crippen LogP contribution in [0.15, 0.2) is 24.3 Å². The third-order valence-corrected chi connectivity index (χ3v) is 2.54. The van der Waals surface area contributed by atoms with Gasteiger partial charge in [-0.2, -0.15) is 0 Å². The molecule has 0 spiro atoms. The molecule has 0 aliphatic carbocycles. The van der Waals surface area contributed by atoms with Crippen LogP contribution in [0.25, 0.3) is 0 Å². The molecule has 0 heterocycles. The second-order valence-corrected chi connectivity index (χ2v) is 3.92. The Bertz CT molecular complexity index is 285. The molecule has 96 valence electrons. The van der Waals surface area contributed by atoms with E-state index in [0.29, 0.717) is 0 Å². The third kappa shape index (κ3) is 6.29. The van der Waals surface area contributed by atoms with E-state index in [1.807, 2.05) is 19.1 Å². The highest BCUT2D eigenvalue weighted by atomic mass is 16.5. The van der Waals surface area contributed by atoms with E-state index in [0.717, 1.165) is 44.9 Å². The van der Waals surface area contributed by atoms with E-state index < -0.39 is 0 Å². The van der Waals surface area contributed by atoms with Gasteiger partial charge in [0.25, 0.3) is 0 Å². The number of ether oxygens (including phenoxy) is 2. The normalized spacial score (nSPS) is 10.5. The quantitative estimate of drug-likeness (QED) is 0.668. The van der Waals surface area contributed by atoms with Gasteiger partial charge in [0.1, 0.15) is 5.75 Å². The Hall–Kier alpha value is -1.06. The SMILES string of the molecule is CCOc1ccc(CCCNCCOC)cc1. The summed E-state index contributed by atoms with van der Waals surface area (Å²) in [6.07, 6.45) is 2.25. The van der Waals surface area contributed by atoms with Gasteiger partial charge in [0, 0.05) is 13.7 Å². The topological polar surface area (TPSA) is 30.5 Å². The summed E-state index contributed by atoms with van der Waals surface area (Å²) in [5.74, 6) is 0.953. The largest absolute Gasteiger partial charge is 0.494 e. The lowest BCUT2D eigenvalue weighted by Gasteiger charge is -2.06. The molecule has 0 atom stereocenters. The van der Waals surface area contributed by atoms with Crippen molar-refractivity contribution in [3.05, 3.63) is 29.8 Å². The highest BCUT2D eigenvalue weighted by molar-refractivity contribution is 5.27. The predicted octanol–water partition coefficient (Wildman–Crippen LogP) is 2.25. The molecular formula is C14H23NO2. The molecule has 0 fully saturated rings. The fourth-order valence-electron chi connectivity index (χ4n) is 1.64. The summed E-state index contributed by atoms with van der Waals surface area (Å²) in [5.41, 5.74) is 1.36. The highest BCUT2D eigenvalue weighted by Gasteiger charge is 1.95. The lowest BCUT2D eigenvalue weighted by Crippen LogP contribution is -2.20. The lowest BCUT2D eigenvalue weighted by molar-refractivity contribution is 0.199. The Morgan fingerprint density at radius 1 is 1.12 bits per heavy atom. The summed E-state index contributed by atoms with van der Waals surface area (Å²) in [4.78, 5) is 0. The average Bonchev–Trinajstić information content (AvgIpc) is 2.36. The van der Waals surface area contributed by atoms with Crippen LogP contribution in [-0.4, -0.2) is 33.4 Å². The molecular weight excluding hydrogens is 214 g/mol. The van der Waals surface area contributed by atoms with Crippen LogP contribution in [-0.2, 0) is 11.2 Å². The first-order chi connectivity index (χ1) is 8.36. The van der Waals surface area contributed by atoms with Crippen LogP contribution in [0.3, 0.4) is 0 Å². The minimum Gasteiger partial charge on any atom is -0.494 e. The van der Waals surface area contributed by atoms with Crippen LogP contribution in [0, 0.1) is 0 Å². The van der Waals surface area contributed by atoms with Crippen molar-refractivity contribution in [2.75, 3.05) is 33.4 Å². The van der Waals surface area contributed by atoms with Crippen molar-refractivity contribution in [3.8, 4) is 5.75 Å². The van der Waals surface area contributed by atoms with Crippen molar-refractivity contribution < 1.29 is 9.47 Å². The Kier molecular flexibility index (Phi) is 7.43. The zero-order chi connectivity index (χ0) is 12.3. The van der Waals surface area contributed by atoms with E-state index >= 15 is 0 Å². The van der Waals surface area contributed by atoms with Gasteiger partial charge in [-0.15, -0.1) is 0 Å². The number of aryl methyl sites for hydroxylation is 1. The van der Waals surface area contributed by atoms with Crippen molar-refractivity contribution >= 4 is 0 Å². The van der Waals surface area contributed by atoms with Gasteiger partial charge in [-0.3, -0.25) is 0 Å². The lowest BCUT2D eigenvalue weighted by atomic mass is 10.1. The Morgan fingerprint density at radius 2 is 1.88 bits per heavy atom. The van der Waals surface area contributed by atoms with Crippen molar-refractivity contribution in [2.24, 2.45) is 0 Å². The van der Waals surface area contributed by atoms with E-state index in [2.05, 4.69) is 17.4 Å². The maximum absolute atomic E-state index is 5.40. The van der Waals surface area contributed by atoms with Gasteiger partial charge in [0.05, 0.1) is 13.2 Å². The van der Waals surface area contributed by atoms with Gasteiger partial charge in [-0.1, -0.05) is 12.1 Å². The molecule has 0 unspecified atom stereocenters. The third-order valence-electron chi connectivity index (χ3n) is 2.54. The maximum atomic E-state index is 5.40. The fraction of sp³-hybridized carbons (Fsp3) is 0.571. The van der Waals surface area contributed by atoms with Gasteiger partial charge in [0.2, 0.25) is 0 Å². The summed E-state index contributed by atoms with van der Waals surface area (Å²) in [5, 5.41) is 3.34. The van der Waals surface area contributed by atoms with Gasteiger partial charge in [-0.25, -0.2) is 0 Å². The average molecular weight is 237 g/mol. The molecule has 0 bridgehead atoms. The van der Waals surface area contributed by atoms with Crippen LogP contribution in [0.5, 0.6) is 5.75 Å². The predicted molar refractivity (Wildman–Crippen MR) is 70.7 cm³/mol. The molecule has 3 nitrogen and oxygen atoms in total. The Balaban J connectivity index is 2.14. The van der Waals surface area contributed by atoms with Gasteiger partial charge >= 0.3 is 0 Å². The number of hydrogen-bond donors (Lipinski definition) is 1. The summed E-state index contributed by atoms with van der Waals surface area (Å²) >= 11 is 0. The molecule has 0 radical (unpaired) electrons. The van der Waals surface area contributed by atoms with E-state index in [1.165, 1.54) is 5.56 Å². The van der Waals surface area contributed by atoms with Crippen LogP contribution < -0.4 is 10.1 Å². The molecule has 0 saturated carbocycles. The number of nitrogens with one attached hydrogen (secondary N) is 1. The number of benzene rings is 1. The van der Waals surface area contributed by atoms with Crippen molar-refractivity contribution in [1.29, 1.82) is 0 Å². The maximum Gasteiger partial charge on any atom is 0.119 e. The second kappa shape index (κ2) is 9.02. The molecule has 1 aromatic carbocycles. The molecule has 0 amide bonds. The zero-order valence-corrected chi connectivity index (χ0v) is 10.9. The van der Waals surface area contributed by atoms with E-state index in [-0.39, 0.29) is 0 Å². The molecule has 0 aliphatic heterocycles. The minimum atomic E-state index is 0.725. The molecule has 17 heavy (non-hydrogen) atoms. The molecule has 0 aromatic heterocycles. The minimum absolute atomic E-state index is 0.725.